The van der Waals surface area contributed by atoms with Crippen molar-refractivity contribution in [2.75, 3.05) is 0 Å². The second-order valence-electron chi connectivity index (χ2n) is 5.35. The minimum atomic E-state index is -4.42. The number of halogens is 3. The molecule has 0 spiro atoms. The molecule has 3 aromatic rings. The van der Waals surface area contributed by atoms with E-state index in [9.17, 15) is 21.6 Å². The third-order valence-corrected chi connectivity index (χ3v) is 4.65. The lowest BCUT2D eigenvalue weighted by Crippen LogP contribution is -2.15. The van der Waals surface area contributed by atoms with Crippen molar-refractivity contribution in [3.05, 3.63) is 72.4 Å². The molecule has 0 saturated carbocycles. The Hall–Kier alpha value is -2.58. The number of sulfonamides is 1. The second-order valence-corrected chi connectivity index (χ2v) is 6.88. The number of aromatic nitrogens is 1. The van der Waals surface area contributed by atoms with E-state index < -0.39 is 21.8 Å². The van der Waals surface area contributed by atoms with Crippen molar-refractivity contribution in [1.29, 1.82) is 0 Å². The molecule has 0 radical (unpaired) electrons. The number of hydrogen-bond acceptors (Lipinski definition) is 2. The number of rotatable bonds is 3. The van der Waals surface area contributed by atoms with E-state index in [0.29, 0.717) is 16.9 Å². The first kappa shape index (κ1) is 17.2. The molecule has 0 aliphatic carbocycles. The molecule has 3 rings (SSSR count). The van der Waals surface area contributed by atoms with Crippen LogP contribution in [0.5, 0.6) is 0 Å². The normalized spacial score (nSPS) is 12.3. The number of alkyl halides is 3. The predicted molar refractivity (Wildman–Crippen MR) is 87.6 cm³/mol. The predicted octanol–water partition coefficient (Wildman–Crippen LogP) is 3.81. The standard InChI is InChI=1S/C17H13F3N2O2S/c18-17(19,20)13-9-7-12(8-10-13)14-5-3-11-22(14)15-4-1-2-6-16(15)25(21,23)24/h1-11H,(H2,21,23,24). The summed E-state index contributed by atoms with van der Waals surface area (Å²) in [5.74, 6) is 0. The molecule has 1 aromatic heterocycles. The Morgan fingerprint density at radius 2 is 1.52 bits per heavy atom. The second kappa shape index (κ2) is 6.05. The van der Waals surface area contributed by atoms with E-state index in [4.69, 9.17) is 5.14 Å². The topological polar surface area (TPSA) is 65.1 Å². The average Bonchev–Trinajstić information content (AvgIpc) is 3.03. The van der Waals surface area contributed by atoms with Crippen LogP contribution in [0.15, 0.2) is 71.8 Å². The van der Waals surface area contributed by atoms with Gasteiger partial charge in [0, 0.05) is 6.20 Å². The number of benzene rings is 2. The first-order valence-corrected chi connectivity index (χ1v) is 8.70. The molecule has 0 aliphatic rings. The first-order chi connectivity index (χ1) is 11.7. The highest BCUT2D eigenvalue weighted by Gasteiger charge is 2.30. The Morgan fingerprint density at radius 1 is 0.880 bits per heavy atom. The third-order valence-electron chi connectivity index (χ3n) is 3.69. The van der Waals surface area contributed by atoms with Gasteiger partial charge in [0.2, 0.25) is 10.0 Å². The smallest absolute Gasteiger partial charge is 0.315 e. The van der Waals surface area contributed by atoms with Crippen LogP contribution in [0.4, 0.5) is 13.2 Å². The molecule has 0 aliphatic heterocycles. The molecule has 25 heavy (non-hydrogen) atoms. The number of nitrogens with zero attached hydrogens (tertiary/aromatic N) is 1. The van der Waals surface area contributed by atoms with E-state index in [1.807, 2.05) is 0 Å². The van der Waals surface area contributed by atoms with Crippen LogP contribution in [0, 0.1) is 0 Å². The Labute approximate surface area is 142 Å². The fraction of sp³-hybridized carbons (Fsp3) is 0.0588. The van der Waals surface area contributed by atoms with Crippen molar-refractivity contribution in [1.82, 2.24) is 4.57 Å². The van der Waals surface area contributed by atoms with Gasteiger partial charge in [-0.15, -0.1) is 0 Å². The molecule has 4 nitrogen and oxygen atoms in total. The van der Waals surface area contributed by atoms with Crippen molar-refractivity contribution in [2.45, 2.75) is 11.1 Å². The molecule has 0 amide bonds. The van der Waals surface area contributed by atoms with Crippen LogP contribution in [-0.2, 0) is 16.2 Å². The summed E-state index contributed by atoms with van der Waals surface area (Å²) in [7, 11) is -3.95. The number of para-hydroxylation sites is 1. The summed E-state index contributed by atoms with van der Waals surface area (Å²) in [6.07, 6.45) is -2.79. The van der Waals surface area contributed by atoms with Gasteiger partial charge in [0.05, 0.1) is 16.9 Å². The fourth-order valence-electron chi connectivity index (χ4n) is 2.55. The first-order valence-electron chi connectivity index (χ1n) is 7.15. The van der Waals surface area contributed by atoms with Crippen molar-refractivity contribution in [3.63, 3.8) is 0 Å². The molecule has 0 unspecified atom stereocenters. The zero-order chi connectivity index (χ0) is 18.2. The summed E-state index contributed by atoms with van der Waals surface area (Å²) in [4.78, 5) is -0.0700. The van der Waals surface area contributed by atoms with Gasteiger partial charge in [-0.25, -0.2) is 13.6 Å². The molecule has 0 atom stereocenters. The fourth-order valence-corrected chi connectivity index (χ4v) is 3.28. The van der Waals surface area contributed by atoms with Crippen LogP contribution in [0.3, 0.4) is 0 Å². The van der Waals surface area contributed by atoms with Crippen LogP contribution in [0.25, 0.3) is 16.9 Å². The Morgan fingerprint density at radius 3 is 2.12 bits per heavy atom. The minimum absolute atomic E-state index is 0.0700. The SMILES string of the molecule is NS(=O)(=O)c1ccccc1-n1cccc1-c1ccc(C(F)(F)F)cc1. The molecule has 8 heteroatoms. The lowest BCUT2D eigenvalue weighted by Gasteiger charge is -2.14. The zero-order valence-electron chi connectivity index (χ0n) is 12.7. The number of hydrogen-bond donors (Lipinski definition) is 1. The van der Waals surface area contributed by atoms with Crippen molar-refractivity contribution < 1.29 is 21.6 Å². The molecule has 2 aromatic carbocycles. The van der Waals surface area contributed by atoms with E-state index in [0.717, 1.165) is 12.1 Å². The van der Waals surface area contributed by atoms with Gasteiger partial charge < -0.3 is 4.57 Å². The van der Waals surface area contributed by atoms with Crippen LogP contribution in [0.2, 0.25) is 0 Å². The van der Waals surface area contributed by atoms with Gasteiger partial charge in [0.25, 0.3) is 0 Å². The van der Waals surface area contributed by atoms with Gasteiger partial charge in [-0.1, -0.05) is 24.3 Å². The Bertz CT molecular complexity index is 1010. The summed E-state index contributed by atoms with van der Waals surface area (Å²) >= 11 is 0. The number of nitrogens with two attached hydrogens (primary N) is 1. The van der Waals surface area contributed by atoms with Crippen LogP contribution in [0.1, 0.15) is 5.56 Å². The van der Waals surface area contributed by atoms with Crippen LogP contribution < -0.4 is 5.14 Å². The summed E-state index contributed by atoms with van der Waals surface area (Å²) in [5, 5.41) is 5.25. The van der Waals surface area contributed by atoms with Gasteiger partial charge in [-0.3, -0.25) is 0 Å². The molecule has 0 saturated heterocycles. The van der Waals surface area contributed by atoms with Gasteiger partial charge in [-0.2, -0.15) is 13.2 Å². The van der Waals surface area contributed by atoms with Crippen molar-refractivity contribution in [2.24, 2.45) is 5.14 Å². The minimum Gasteiger partial charge on any atom is -0.315 e. The van der Waals surface area contributed by atoms with Crippen LogP contribution in [-0.4, -0.2) is 13.0 Å². The lowest BCUT2D eigenvalue weighted by atomic mass is 10.1. The maximum Gasteiger partial charge on any atom is 0.416 e. The molecule has 1 heterocycles. The van der Waals surface area contributed by atoms with Crippen molar-refractivity contribution in [3.8, 4) is 16.9 Å². The highest BCUT2D eigenvalue weighted by Crippen LogP contribution is 2.32. The summed E-state index contributed by atoms with van der Waals surface area (Å²) in [6.45, 7) is 0. The molecule has 2 N–H and O–H groups in total. The largest absolute Gasteiger partial charge is 0.416 e. The zero-order valence-corrected chi connectivity index (χ0v) is 13.6. The molecule has 0 bridgehead atoms. The Kier molecular flexibility index (Phi) is 4.18. The maximum absolute atomic E-state index is 12.7. The van der Waals surface area contributed by atoms with Gasteiger partial charge >= 0.3 is 6.18 Å². The summed E-state index contributed by atoms with van der Waals surface area (Å²) in [6, 6.07) is 14.2. The maximum atomic E-state index is 12.7. The molecule has 130 valence electrons. The highest BCUT2D eigenvalue weighted by atomic mass is 32.2. The van der Waals surface area contributed by atoms with E-state index >= 15 is 0 Å². The van der Waals surface area contributed by atoms with E-state index in [1.54, 1.807) is 41.1 Å². The monoisotopic (exact) mass is 366 g/mol. The quantitative estimate of drug-likeness (QED) is 0.766. The lowest BCUT2D eigenvalue weighted by molar-refractivity contribution is -0.137. The highest BCUT2D eigenvalue weighted by molar-refractivity contribution is 7.89. The molecule has 0 fully saturated rings. The van der Waals surface area contributed by atoms with Gasteiger partial charge in [-0.05, 0) is 42.0 Å². The summed E-state index contributed by atoms with van der Waals surface area (Å²) < 4.78 is 63.3. The average molecular weight is 366 g/mol. The van der Waals surface area contributed by atoms with Gasteiger partial charge in [0.1, 0.15) is 4.90 Å². The van der Waals surface area contributed by atoms with Crippen molar-refractivity contribution >= 4 is 10.0 Å². The van der Waals surface area contributed by atoms with Crippen LogP contribution >= 0.6 is 0 Å². The van der Waals surface area contributed by atoms with Gasteiger partial charge in [0.15, 0.2) is 0 Å². The number of primary sulfonamides is 1. The Balaban J connectivity index is 2.12. The van der Waals surface area contributed by atoms with E-state index in [-0.39, 0.29) is 4.90 Å². The summed E-state index contributed by atoms with van der Waals surface area (Å²) in [5.41, 5.74) is 0.635. The van der Waals surface area contributed by atoms with E-state index in [1.165, 1.54) is 18.2 Å². The third kappa shape index (κ3) is 3.45. The van der Waals surface area contributed by atoms with E-state index in [2.05, 4.69) is 0 Å². The molecular weight excluding hydrogens is 353 g/mol. The molecular formula is C17H13F3N2O2S.